The Hall–Kier alpha value is -1.82. The van der Waals surface area contributed by atoms with Crippen LogP contribution in [0.25, 0.3) is 0 Å². The molecule has 2 aromatic heterocycles. The van der Waals surface area contributed by atoms with E-state index in [1.807, 2.05) is 6.07 Å². The van der Waals surface area contributed by atoms with Crippen molar-refractivity contribution in [1.82, 2.24) is 15.2 Å². The van der Waals surface area contributed by atoms with E-state index < -0.39 is 0 Å². The number of alkyl halides is 1. The van der Waals surface area contributed by atoms with Gasteiger partial charge in [0, 0.05) is 31.1 Å². The zero-order valence-electron chi connectivity index (χ0n) is 9.89. The summed E-state index contributed by atoms with van der Waals surface area (Å²) in [6, 6.07) is 4.09. The van der Waals surface area contributed by atoms with Crippen molar-refractivity contribution >= 4 is 17.6 Å². The van der Waals surface area contributed by atoms with Crippen LogP contribution < -0.4 is 10.1 Å². The fraction of sp³-hybridized carbons (Fsp3) is 0.364. The monoisotopic (exact) mass is 268 g/mol. The molecular formula is C11H13ClN4O2. The van der Waals surface area contributed by atoms with Crippen LogP contribution in [-0.2, 0) is 13.0 Å². The topological polar surface area (TPSA) is 73.1 Å². The van der Waals surface area contributed by atoms with E-state index in [4.69, 9.17) is 20.8 Å². The number of rotatable bonds is 6. The van der Waals surface area contributed by atoms with Gasteiger partial charge in [-0.3, -0.25) is 0 Å². The van der Waals surface area contributed by atoms with E-state index in [-0.39, 0.29) is 0 Å². The molecule has 0 fully saturated rings. The minimum absolute atomic E-state index is 0.380. The lowest BCUT2D eigenvalue weighted by molar-refractivity contribution is 0.397. The Bertz CT molecular complexity index is 486. The van der Waals surface area contributed by atoms with Crippen molar-refractivity contribution in [2.45, 2.75) is 13.0 Å². The van der Waals surface area contributed by atoms with Gasteiger partial charge in [-0.05, 0) is 5.56 Å². The standard InChI is InChI=1S/C11H13ClN4O2/c1-17-9-3-2-8(6-13-9)7-14-11-16-15-10(18-11)4-5-12/h2-3,6H,4-5,7H2,1H3,(H,14,16). The number of halogens is 1. The van der Waals surface area contributed by atoms with Gasteiger partial charge in [0.2, 0.25) is 11.8 Å². The molecule has 0 unspecified atom stereocenters. The first-order valence-corrected chi connectivity index (χ1v) is 5.96. The van der Waals surface area contributed by atoms with Crippen molar-refractivity contribution in [3.63, 3.8) is 0 Å². The first-order chi connectivity index (χ1) is 8.81. The normalized spacial score (nSPS) is 10.3. The van der Waals surface area contributed by atoms with Gasteiger partial charge in [-0.15, -0.1) is 16.7 Å². The van der Waals surface area contributed by atoms with Gasteiger partial charge in [-0.25, -0.2) is 4.98 Å². The van der Waals surface area contributed by atoms with E-state index in [2.05, 4.69) is 20.5 Å². The highest BCUT2D eigenvalue weighted by atomic mass is 35.5. The molecule has 0 atom stereocenters. The van der Waals surface area contributed by atoms with Crippen LogP contribution in [0, 0.1) is 0 Å². The number of ether oxygens (including phenoxy) is 1. The predicted octanol–water partition coefficient (Wildman–Crippen LogP) is 1.87. The zero-order chi connectivity index (χ0) is 12.8. The minimum Gasteiger partial charge on any atom is -0.481 e. The second-order valence-corrected chi connectivity index (χ2v) is 3.88. The molecule has 2 aromatic rings. The maximum atomic E-state index is 5.58. The van der Waals surface area contributed by atoms with E-state index in [9.17, 15) is 0 Å². The van der Waals surface area contributed by atoms with E-state index in [0.29, 0.717) is 36.6 Å². The Labute approximate surface area is 109 Å². The van der Waals surface area contributed by atoms with Gasteiger partial charge < -0.3 is 14.5 Å². The van der Waals surface area contributed by atoms with Gasteiger partial charge in [0.1, 0.15) is 0 Å². The van der Waals surface area contributed by atoms with E-state index >= 15 is 0 Å². The SMILES string of the molecule is COc1ccc(CNc2nnc(CCCl)o2)cn1. The summed E-state index contributed by atoms with van der Waals surface area (Å²) in [4.78, 5) is 4.10. The molecule has 0 aliphatic carbocycles. The van der Waals surface area contributed by atoms with Gasteiger partial charge in [0.05, 0.1) is 7.11 Å². The van der Waals surface area contributed by atoms with Crippen LogP contribution in [0.1, 0.15) is 11.5 Å². The molecule has 0 bridgehead atoms. The summed E-state index contributed by atoms with van der Waals surface area (Å²) in [6.45, 7) is 0.555. The Kier molecular flexibility index (Phi) is 4.35. The fourth-order valence-corrected chi connectivity index (χ4v) is 1.48. The third kappa shape index (κ3) is 3.33. The second-order valence-electron chi connectivity index (χ2n) is 3.50. The molecule has 0 amide bonds. The van der Waals surface area contributed by atoms with E-state index in [1.165, 1.54) is 0 Å². The van der Waals surface area contributed by atoms with Crippen LogP contribution in [0.5, 0.6) is 5.88 Å². The number of nitrogens with zero attached hydrogens (tertiary/aromatic N) is 3. The quantitative estimate of drug-likeness (QED) is 0.806. The molecule has 0 aliphatic heterocycles. The van der Waals surface area contributed by atoms with Crippen molar-refractivity contribution < 1.29 is 9.15 Å². The van der Waals surface area contributed by atoms with Crippen molar-refractivity contribution in [2.75, 3.05) is 18.3 Å². The maximum Gasteiger partial charge on any atom is 0.315 e. The van der Waals surface area contributed by atoms with Gasteiger partial charge >= 0.3 is 6.01 Å². The lowest BCUT2D eigenvalue weighted by Crippen LogP contribution is -2.00. The molecule has 2 rings (SSSR count). The van der Waals surface area contributed by atoms with Crippen molar-refractivity contribution in [2.24, 2.45) is 0 Å². The Morgan fingerprint density at radius 1 is 1.39 bits per heavy atom. The van der Waals surface area contributed by atoms with Crippen molar-refractivity contribution in [3.8, 4) is 5.88 Å². The second kappa shape index (κ2) is 6.20. The summed E-state index contributed by atoms with van der Waals surface area (Å²) in [6.07, 6.45) is 2.29. The molecule has 18 heavy (non-hydrogen) atoms. The average Bonchev–Trinajstić information content (AvgIpc) is 2.85. The molecule has 0 aliphatic rings. The zero-order valence-corrected chi connectivity index (χ0v) is 10.6. The molecule has 0 saturated heterocycles. The smallest absolute Gasteiger partial charge is 0.315 e. The Morgan fingerprint density at radius 3 is 2.94 bits per heavy atom. The minimum atomic E-state index is 0.380. The molecule has 6 nitrogen and oxygen atoms in total. The maximum absolute atomic E-state index is 5.58. The van der Waals surface area contributed by atoms with Crippen LogP contribution in [0.4, 0.5) is 6.01 Å². The summed E-state index contributed by atoms with van der Waals surface area (Å²) < 4.78 is 10.3. The molecule has 96 valence electrons. The summed E-state index contributed by atoms with van der Waals surface area (Å²) in [5, 5.41) is 10.7. The number of aryl methyl sites for hydroxylation is 1. The van der Waals surface area contributed by atoms with Crippen LogP contribution in [0.3, 0.4) is 0 Å². The van der Waals surface area contributed by atoms with Crippen LogP contribution in [0.15, 0.2) is 22.7 Å². The van der Waals surface area contributed by atoms with Crippen molar-refractivity contribution in [3.05, 3.63) is 29.8 Å². The fourth-order valence-electron chi connectivity index (χ4n) is 1.32. The number of nitrogens with one attached hydrogen (secondary N) is 1. The molecule has 0 spiro atoms. The highest BCUT2D eigenvalue weighted by Crippen LogP contribution is 2.10. The Morgan fingerprint density at radius 2 is 2.28 bits per heavy atom. The predicted molar refractivity (Wildman–Crippen MR) is 66.8 cm³/mol. The van der Waals surface area contributed by atoms with Gasteiger partial charge in [-0.2, -0.15) is 0 Å². The summed E-state index contributed by atoms with van der Waals surface area (Å²) in [7, 11) is 1.58. The van der Waals surface area contributed by atoms with Crippen LogP contribution >= 0.6 is 11.6 Å². The first-order valence-electron chi connectivity index (χ1n) is 5.43. The number of pyridine rings is 1. The average molecular weight is 269 g/mol. The van der Waals surface area contributed by atoms with Gasteiger partial charge in [0.25, 0.3) is 0 Å². The first kappa shape index (κ1) is 12.6. The summed E-state index contributed by atoms with van der Waals surface area (Å²) in [5.74, 6) is 1.57. The molecule has 1 N–H and O–H groups in total. The number of hydrogen-bond donors (Lipinski definition) is 1. The van der Waals surface area contributed by atoms with Gasteiger partial charge in [-0.1, -0.05) is 11.2 Å². The third-order valence-corrected chi connectivity index (χ3v) is 2.41. The highest BCUT2D eigenvalue weighted by Gasteiger charge is 2.04. The summed E-state index contributed by atoms with van der Waals surface area (Å²) in [5.41, 5.74) is 0.993. The molecule has 0 radical (unpaired) electrons. The van der Waals surface area contributed by atoms with E-state index in [1.54, 1.807) is 19.4 Å². The Balaban J connectivity index is 1.89. The lowest BCUT2D eigenvalue weighted by atomic mass is 10.3. The molecular weight excluding hydrogens is 256 g/mol. The largest absolute Gasteiger partial charge is 0.481 e. The molecule has 0 aromatic carbocycles. The van der Waals surface area contributed by atoms with Crippen LogP contribution in [-0.4, -0.2) is 28.2 Å². The third-order valence-electron chi connectivity index (χ3n) is 2.23. The highest BCUT2D eigenvalue weighted by molar-refractivity contribution is 6.17. The number of methoxy groups -OCH3 is 1. The van der Waals surface area contributed by atoms with Gasteiger partial charge in [0.15, 0.2) is 0 Å². The summed E-state index contributed by atoms with van der Waals surface area (Å²) >= 11 is 5.58. The lowest BCUT2D eigenvalue weighted by Gasteiger charge is -2.02. The molecule has 0 saturated carbocycles. The molecule has 7 heteroatoms. The van der Waals surface area contributed by atoms with Crippen LogP contribution in [0.2, 0.25) is 0 Å². The molecule has 2 heterocycles. The number of aromatic nitrogens is 3. The van der Waals surface area contributed by atoms with E-state index in [0.717, 1.165) is 5.56 Å². The number of anilines is 1. The number of hydrogen-bond acceptors (Lipinski definition) is 6. The van der Waals surface area contributed by atoms with Crippen molar-refractivity contribution in [1.29, 1.82) is 0 Å².